The second-order valence-electron chi connectivity index (χ2n) is 7.66. The molecule has 1 heterocycles. The van der Waals surface area contributed by atoms with Crippen LogP contribution >= 0.6 is 0 Å². The molecule has 0 bridgehead atoms. The van der Waals surface area contributed by atoms with Gasteiger partial charge in [-0.2, -0.15) is 0 Å². The fourth-order valence-corrected chi connectivity index (χ4v) is 4.07. The Kier molecular flexibility index (Phi) is 5.90. The molecule has 2 unspecified atom stereocenters. The Morgan fingerprint density at radius 2 is 1.92 bits per heavy atom. The highest BCUT2D eigenvalue weighted by molar-refractivity contribution is 5.78. The Balaban J connectivity index is 1.50. The largest absolute Gasteiger partial charge is 0.392 e. The number of amides is 1. The normalized spacial score (nSPS) is 31.1. The number of carbonyl (C=O) groups excluding carboxylic acids is 1. The Morgan fingerprint density at radius 3 is 2.62 bits per heavy atom. The molecule has 24 heavy (non-hydrogen) atoms. The predicted molar refractivity (Wildman–Crippen MR) is 95.4 cm³/mol. The van der Waals surface area contributed by atoms with Crippen molar-refractivity contribution in [3.63, 3.8) is 0 Å². The second kappa shape index (κ2) is 8.13. The number of nitrogens with one attached hydrogen (secondary N) is 1. The van der Waals surface area contributed by atoms with E-state index in [2.05, 4.69) is 29.3 Å². The van der Waals surface area contributed by atoms with Crippen molar-refractivity contribution in [3.05, 3.63) is 35.9 Å². The third-order valence-corrected chi connectivity index (χ3v) is 5.63. The van der Waals surface area contributed by atoms with Crippen LogP contribution in [0.2, 0.25) is 0 Å². The monoisotopic (exact) mass is 330 g/mol. The molecular weight excluding hydrogens is 300 g/mol. The first-order valence-electron chi connectivity index (χ1n) is 9.35. The smallest absolute Gasteiger partial charge is 0.223 e. The fourth-order valence-electron chi connectivity index (χ4n) is 4.07. The summed E-state index contributed by atoms with van der Waals surface area (Å²) in [5, 5.41) is 13.2. The van der Waals surface area contributed by atoms with Gasteiger partial charge in [0.15, 0.2) is 0 Å². The molecule has 0 aromatic heterocycles. The number of carbonyl (C=O) groups is 1. The van der Waals surface area contributed by atoms with Crippen molar-refractivity contribution in [2.24, 2.45) is 11.8 Å². The number of hydrogen-bond donors (Lipinski definition) is 2. The molecule has 2 N–H and O–H groups in total. The van der Waals surface area contributed by atoms with Crippen molar-refractivity contribution in [2.45, 2.75) is 57.7 Å². The molecule has 2 fully saturated rings. The number of benzene rings is 1. The highest BCUT2D eigenvalue weighted by atomic mass is 16.3. The van der Waals surface area contributed by atoms with Gasteiger partial charge >= 0.3 is 0 Å². The van der Waals surface area contributed by atoms with Gasteiger partial charge < -0.3 is 10.4 Å². The maximum Gasteiger partial charge on any atom is 0.223 e. The van der Waals surface area contributed by atoms with Crippen LogP contribution in [-0.2, 0) is 11.3 Å². The summed E-state index contributed by atoms with van der Waals surface area (Å²) in [4.78, 5) is 14.7. The van der Waals surface area contributed by atoms with E-state index in [1.807, 2.05) is 18.2 Å². The van der Waals surface area contributed by atoms with Gasteiger partial charge in [0.25, 0.3) is 0 Å². The summed E-state index contributed by atoms with van der Waals surface area (Å²) in [7, 11) is 0. The number of rotatable bonds is 5. The molecule has 1 aliphatic carbocycles. The Bertz CT molecular complexity index is 526. The average Bonchev–Trinajstić information content (AvgIpc) is 2.93. The van der Waals surface area contributed by atoms with Crippen molar-refractivity contribution in [1.29, 1.82) is 0 Å². The van der Waals surface area contributed by atoms with E-state index in [9.17, 15) is 9.90 Å². The summed E-state index contributed by atoms with van der Waals surface area (Å²) in [5.74, 6) is 1.17. The van der Waals surface area contributed by atoms with E-state index in [4.69, 9.17) is 0 Å². The number of aliphatic hydroxyl groups is 1. The topological polar surface area (TPSA) is 52.6 Å². The third kappa shape index (κ3) is 4.58. The Morgan fingerprint density at radius 1 is 1.21 bits per heavy atom. The lowest BCUT2D eigenvalue weighted by Gasteiger charge is -2.28. The maximum atomic E-state index is 12.4. The minimum absolute atomic E-state index is 0.190. The van der Waals surface area contributed by atoms with Crippen molar-refractivity contribution in [1.82, 2.24) is 10.2 Å². The van der Waals surface area contributed by atoms with Gasteiger partial charge in [-0.15, -0.1) is 0 Å². The summed E-state index contributed by atoms with van der Waals surface area (Å²) in [6, 6.07) is 10.6. The summed E-state index contributed by atoms with van der Waals surface area (Å²) in [6.45, 7) is 4.44. The predicted octanol–water partition coefficient (Wildman–Crippen LogP) is 2.56. The van der Waals surface area contributed by atoms with Crippen molar-refractivity contribution >= 4 is 5.91 Å². The maximum absolute atomic E-state index is 12.4. The summed E-state index contributed by atoms with van der Waals surface area (Å²) >= 11 is 0. The SMILES string of the molecule is CC1CCC(C(=O)NCC2CC(O)CN2Cc2ccccc2)CC1. The number of hydrogen-bond acceptors (Lipinski definition) is 3. The Hall–Kier alpha value is -1.39. The number of nitrogens with zero attached hydrogens (tertiary/aromatic N) is 1. The molecule has 1 saturated heterocycles. The molecule has 0 spiro atoms. The molecule has 0 radical (unpaired) electrons. The van der Waals surface area contributed by atoms with Crippen molar-refractivity contribution in [3.8, 4) is 0 Å². The fraction of sp³-hybridized carbons (Fsp3) is 0.650. The van der Waals surface area contributed by atoms with Gasteiger partial charge in [0.1, 0.15) is 0 Å². The van der Waals surface area contributed by atoms with Gasteiger partial charge in [0.05, 0.1) is 6.10 Å². The number of β-amino-alcohol motifs (C(OH)–C–C–N with tert-alkyl or cyclic N) is 1. The average molecular weight is 330 g/mol. The van der Waals surface area contributed by atoms with Crippen molar-refractivity contribution < 1.29 is 9.90 Å². The van der Waals surface area contributed by atoms with Crippen LogP contribution in [0.25, 0.3) is 0 Å². The summed E-state index contributed by atoms with van der Waals surface area (Å²) < 4.78 is 0. The van der Waals surface area contributed by atoms with Crippen molar-refractivity contribution in [2.75, 3.05) is 13.1 Å². The van der Waals surface area contributed by atoms with Crippen LogP contribution in [0.4, 0.5) is 0 Å². The first-order valence-corrected chi connectivity index (χ1v) is 9.35. The van der Waals surface area contributed by atoms with Gasteiger partial charge in [0, 0.05) is 31.6 Å². The minimum atomic E-state index is -0.286. The van der Waals surface area contributed by atoms with Gasteiger partial charge in [0.2, 0.25) is 5.91 Å². The molecule has 2 atom stereocenters. The van der Waals surface area contributed by atoms with E-state index in [0.29, 0.717) is 13.1 Å². The van der Waals surface area contributed by atoms with E-state index < -0.39 is 0 Å². The highest BCUT2D eigenvalue weighted by Crippen LogP contribution is 2.28. The van der Waals surface area contributed by atoms with Crippen LogP contribution in [-0.4, -0.2) is 41.1 Å². The quantitative estimate of drug-likeness (QED) is 0.872. The lowest BCUT2D eigenvalue weighted by molar-refractivity contribution is -0.126. The first-order chi connectivity index (χ1) is 11.6. The molecule has 1 aromatic carbocycles. The molecule has 1 aliphatic heterocycles. The lowest BCUT2D eigenvalue weighted by atomic mass is 9.82. The van der Waals surface area contributed by atoms with E-state index in [1.54, 1.807) is 0 Å². The summed E-state index contributed by atoms with van der Waals surface area (Å²) in [5.41, 5.74) is 1.25. The molecule has 1 saturated carbocycles. The molecule has 4 nitrogen and oxygen atoms in total. The van der Waals surface area contributed by atoms with Crippen LogP contribution in [0.3, 0.4) is 0 Å². The van der Waals surface area contributed by atoms with Crippen LogP contribution in [0, 0.1) is 11.8 Å². The van der Waals surface area contributed by atoms with Gasteiger partial charge in [-0.25, -0.2) is 0 Å². The number of aliphatic hydroxyl groups excluding tert-OH is 1. The molecular formula is C20H30N2O2. The molecule has 132 valence electrons. The molecule has 2 aliphatic rings. The number of likely N-dealkylation sites (tertiary alicyclic amines) is 1. The van der Waals surface area contributed by atoms with Gasteiger partial charge in [-0.3, -0.25) is 9.69 Å². The summed E-state index contributed by atoms with van der Waals surface area (Å²) in [6.07, 6.45) is 4.84. The van der Waals surface area contributed by atoms with Gasteiger partial charge in [-0.1, -0.05) is 37.3 Å². The van der Waals surface area contributed by atoms with Crippen LogP contribution in [0.15, 0.2) is 30.3 Å². The van der Waals surface area contributed by atoms with Crippen LogP contribution in [0.1, 0.15) is 44.6 Å². The zero-order valence-electron chi connectivity index (χ0n) is 14.7. The molecule has 1 amide bonds. The van der Waals surface area contributed by atoms with E-state index in [0.717, 1.165) is 31.7 Å². The molecule has 1 aromatic rings. The second-order valence-corrected chi connectivity index (χ2v) is 7.66. The van der Waals surface area contributed by atoms with Crippen LogP contribution in [0.5, 0.6) is 0 Å². The first kappa shape index (κ1) is 17.4. The van der Waals surface area contributed by atoms with E-state index in [-0.39, 0.29) is 24.0 Å². The third-order valence-electron chi connectivity index (χ3n) is 5.63. The van der Waals surface area contributed by atoms with E-state index >= 15 is 0 Å². The molecule has 3 rings (SSSR count). The van der Waals surface area contributed by atoms with Crippen LogP contribution < -0.4 is 5.32 Å². The molecule has 4 heteroatoms. The highest BCUT2D eigenvalue weighted by Gasteiger charge is 2.32. The lowest BCUT2D eigenvalue weighted by Crippen LogP contribution is -2.42. The van der Waals surface area contributed by atoms with Gasteiger partial charge in [-0.05, 0) is 43.6 Å². The minimum Gasteiger partial charge on any atom is -0.392 e. The van der Waals surface area contributed by atoms with E-state index in [1.165, 1.54) is 18.4 Å². The Labute approximate surface area is 145 Å². The standard InChI is InChI=1S/C20H30N2O2/c1-15-7-9-17(10-8-15)20(24)21-12-18-11-19(23)14-22(18)13-16-5-3-2-4-6-16/h2-6,15,17-19,23H,7-14H2,1H3,(H,21,24). The zero-order chi connectivity index (χ0) is 16.9. The zero-order valence-corrected chi connectivity index (χ0v) is 14.7.